The molecule has 1 aliphatic heterocycles. The van der Waals surface area contributed by atoms with Crippen LogP contribution in [-0.4, -0.2) is 23.0 Å². The van der Waals surface area contributed by atoms with Gasteiger partial charge in [0, 0.05) is 23.4 Å². The largest absolute Gasteiger partial charge is 0.497 e. The monoisotopic (exact) mass is 447 g/mol. The molecule has 2 N–H and O–H groups in total. The average molecular weight is 447 g/mol. The van der Waals surface area contributed by atoms with Gasteiger partial charge in [-0.3, -0.25) is 14.6 Å². The number of alkyl halides is 3. The van der Waals surface area contributed by atoms with Gasteiger partial charge in [-0.05, 0) is 30.3 Å². The molecule has 168 valence electrons. The second-order valence-corrected chi connectivity index (χ2v) is 6.44. The predicted molar refractivity (Wildman–Crippen MR) is 110 cm³/mol. The number of ether oxygens (including phenoxy) is 2. The van der Waals surface area contributed by atoms with Gasteiger partial charge in [0.25, 0.3) is 11.5 Å². The highest BCUT2D eigenvalue weighted by atomic mass is 19.4. The third-order valence-electron chi connectivity index (χ3n) is 4.61. The van der Waals surface area contributed by atoms with Gasteiger partial charge in [0.05, 0.1) is 19.3 Å². The highest BCUT2D eigenvalue weighted by molar-refractivity contribution is 5.94. The van der Waals surface area contributed by atoms with Crippen LogP contribution in [0.5, 0.6) is 17.2 Å². The molecule has 32 heavy (non-hydrogen) atoms. The van der Waals surface area contributed by atoms with E-state index in [1.165, 1.54) is 19.5 Å². The zero-order valence-electron chi connectivity index (χ0n) is 17.4. The Morgan fingerprint density at radius 2 is 1.84 bits per heavy atom. The Bertz CT molecular complexity index is 1190. The van der Waals surface area contributed by atoms with Gasteiger partial charge in [-0.15, -0.1) is 0 Å². The molecule has 3 aromatic rings. The normalized spacial score (nSPS) is 14.1. The average Bonchev–Trinajstić information content (AvgIpc) is 2.79. The maximum atomic E-state index is 12.8. The van der Waals surface area contributed by atoms with Crippen molar-refractivity contribution < 1.29 is 27.4 Å². The molecule has 4 rings (SSSR count). The number of aromatic amines is 1. The minimum absolute atomic E-state index is 0.393. The first-order valence-corrected chi connectivity index (χ1v) is 9.69. The van der Waals surface area contributed by atoms with Crippen LogP contribution in [0.1, 0.15) is 47.1 Å². The number of hydrogen-bond acceptors (Lipinski definition) is 5. The number of nitrogens with one attached hydrogen (secondary N) is 2. The molecule has 1 atom stereocenters. The summed E-state index contributed by atoms with van der Waals surface area (Å²) in [5.74, 6) is 0.512. The van der Waals surface area contributed by atoms with Crippen LogP contribution in [-0.2, 0) is 6.18 Å². The maximum absolute atomic E-state index is 12.8. The minimum atomic E-state index is -4.72. The summed E-state index contributed by atoms with van der Waals surface area (Å²) in [6.45, 7) is 4.00. The number of fused-ring (bicyclic) bond motifs is 2. The Hall–Kier alpha value is -3.82. The zero-order chi connectivity index (χ0) is 23.5. The standard InChI is InChI=1S/C20H14F3N3O4.C2H6/c1-29-10-2-3-11-14(8-10)30-15-9-24-7-6-12(15)17(11)26-19(28)13-4-5-16(20(21,22)23)25-18(13)27;1-2/h2-9,17H,1H3,(H,25,27)(H,26,28);1-2H3. The molecule has 3 heterocycles. The van der Waals surface area contributed by atoms with E-state index in [1.54, 1.807) is 29.2 Å². The van der Waals surface area contributed by atoms with E-state index >= 15 is 0 Å². The third kappa shape index (κ3) is 4.43. The number of amides is 1. The lowest BCUT2D eigenvalue weighted by Gasteiger charge is -2.28. The molecule has 0 bridgehead atoms. The van der Waals surface area contributed by atoms with Crippen molar-refractivity contribution in [3.8, 4) is 17.2 Å². The second kappa shape index (κ2) is 9.13. The first kappa shape index (κ1) is 22.9. The fraction of sp³-hybridized carbons (Fsp3) is 0.227. The number of aromatic nitrogens is 2. The molecule has 1 amide bonds. The van der Waals surface area contributed by atoms with Crippen molar-refractivity contribution >= 4 is 5.91 Å². The van der Waals surface area contributed by atoms with Crippen LogP contribution in [0.2, 0.25) is 0 Å². The van der Waals surface area contributed by atoms with E-state index in [0.29, 0.717) is 34.4 Å². The molecule has 0 radical (unpaired) electrons. The van der Waals surface area contributed by atoms with Gasteiger partial charge in [-0.1, -0.05) is 13.8 Å². The number of benzene rings is 1. The van der Waals surface area contributed by atoms with E-state index in [9.17, 15) is 22.8 Å². The number of halogens is 3. The van der Waals surface area contributed by atoms with Crippen LogP contribution < -0.4 is 20.3 Å². The van der Waals surface area contributed by atoms with Crippen molar-refractivity contribution in [3.05, 3.63) is 81.5 Å². The number of methoxy groups -OCH3 is 1. The number of pyridine rings is 2. The van der Waals surface area contributed by atoms with E-state index in [0.717, 1.165) is 6.07 Å². The Balaban J connectivity index is 0.00000141. The number of carbonyl (C=O) groups is 1. The highest BCUT2D eigenvalue weighted by Crippen LogP contribution is 2.43. The number of hydrogen-bond donors (Lipinski definition) is 2. The van der Waals surface area contributed by atoms with E-state index in [1.807, 2.05) is 13.8 Å². The third-order valence-corrected chi connectivity index (χ3v) is 4.61. The molecule has 10 heteroatoms. The fourth-order valence-electron chi connectivity index (χ4n) is 3.15. The van der Waals surface area contributed by atoms with Crippen molar-refractivity contribution in [1.29, 1.82) is 0 Å². The van der Waals surface area contributed by atoms with Crippen LogP contribution in [0.3, 0.4) is 0 Å². The number of nitrogens with zero attached hydrogens (tertiary/aromatic N) is 1. The van der Waals surface area contributed by atoms with Crippen molar-refractivity contribution in [3.63, 3.8) is 0 Å². The smallest absolute Gasteiger partial charge is 0.431 e. The lowest BCUT2D eigenvalue weighted by atomic mass is 9.95. The van der Waals surface area contributed by atoms with Gasteiger partial charge in [0.2, 0.25) is 0 Å². The van der Waals surface area contributed by atoms with Gasteiger partial charge < -0.3 is 19.8 Å². The quantitative estimate of drug-likeness (QED) is 0.619. The molecule has 1 aliphatic rings. The Labute approximate surface area is 181 Å². The summed E-state index contributed by atoms with van der Waals surface area (Å²) < 4.78 is 49.3. The van der Waals surface area contributed by atoms with Gasteiger partial charge in [-0.25, -0.2) is 0 Å². The van der Waals surface area contributed by atoms with E-state index in [-0.39, 0.29) is 0 Å². The lowest BCUT2D eigenvalue weighted by molar-refractivity contribution is -0.141. The molecule has 0 fully saturated rings. The predicted octanol–water partition coefficient (Wildman–Crippen LogP) is 4.45. The summed E-state index contributed by atoms with van der Waals surface area (Å²) in [6, 6.07) is 7.43. The number of H-pyrrole nitrogens is 1. The summed E-state index contributed by atoms with van der Waals surface area (Å²) in [5, 5.41) is 2.70. The molecule has 0 saturated carbocycles. The fourth-order valence-corrected chi connectivity index (χ4v) is 3.15. The van der Waals surface area contributed by atoms with Crippen molar-refractivity contribution in [2.24, 2.45) is 0 Å². The molecular formula is C22H20F3N3O4. The van der Waals surface area contributed by atoms with Crippen molar-refractivity contribution in [2.75, 3.05) is 7.11 Å². The molecule has 1 aromatic carbocycles. The summed E-state index contributed by atoms with van der Waals surface area (Å²) in [4.78, 5) is 30.5. The Morgan fingerprint density at radius 3 is 2.50 bits per heavy atom. The summed E-state index contributed by atoms with van der Waals surface area (Å²) in [7, 11) is 1.50. The summed E-state index contributed by atoms with van der Waals surface area (Å²) in [6.07, 6.45) is -1.73. The molecule has 2 aromatic heterocycles. The summed E-state index contributed by atoms with van der Waals surface area (Å²) >= 11 is 0. The number of rotatable bonds is 3. The first-order valence-electron chi connectivity index (χ1n) is 9.69. The molecule has 1 unspecified atom stereocenters. The Morgan fingerprint density at radius 1 is 1.12 bits per heavy atom. The zero-order valence-corrected chi connectivity index (χ0v) is 17.4. The first-order chi connectivity index (χ1) is 15.3. The van der Waals surface area contributed by atoms with Gasteiger partial charge >= 0.3 is 6.18 Å². The van der Waals surface area contributed by atoms with Crippen LogP contribution in [0.25, 0.3) is 0 Å². The summed E-state index contributed by atoms with van der Waals surface area (Å²) in [5.41, 5.74) is -1.64. The van der Waals surface area contributed by atoms with Gasteiger partial charge in [0.15, 0.2) is 5.75 Å². The molecule has 0 saturated heterocycles. The molecule has 0 spiro atoms. The van der Waals surface area contributed by atoms with Crippen LogP contribution >= 0.6 is 0 Å². The molecular weight excluding hydrogens is 427 g/mol. The minimum Gasteiger partial charge on any atom is -0.497 e. The second-order valence-electron chi connectivity index (χ2n) is 6.44. The van der Waals surface area contributed by atoms with Crippen LogP contribution in [0.15, 0.2) is 53.6 Å². The lowest BCUT2D eigenvalue weighted by Crippen LogP contribution is -2.35. The van der Waals surface area contributed by atoms with E-state index in [2.05, 4.69) is 10.3 Å². The SMILES string of the molecule is CC.COc1ccc2c(c1)Oc1cnccc1C2NC(=O)c1ccc(C(F)(F)F)[nH]c1=O. The van der Waals surface area contributed by atoms with Crippen molar-refractivity contribution in [2.45, 2.75) is 26.1 Å². The topological polar surface area (TPSA) is 93.3 Å². The van der Waals surface area contributed by atoms with Crippen LogP contribution in [0, 0.1) is 0 Å². The molecule has 0 aliphatic carbocycles. The molecule has 7 nitrogen and oxygen atoms in total. The number of carbonyl (C=O) groups excluding carboxylic acids is 1. The Kier molecular flexibility index (Phi) is 6.52. The van der Waals surface area contributed by atoms with Crippen molar-refractivity contribution in [1.82, 2.24) is 15.3 Å². The maximum Gasteiger partial charge on any atom is 0.431 e. The van der Waals surface area contributed by atoms with Gasteiger partial charge in [0.1, 0.15) is 22.8 Å². The highest BCUT2D eigenvalue weighted by Gasteiger charge is 2.33. The van der Waals surface area contributed by atoms with E-state index in [4.69, 9.17) is 9.47 Å². The van der Waals surface area contributed by atoms with Crippen LogP contribution in [0.4, 0.5) is 13.2 Å². The van der Waals surface area contributed by atoms with Gasteiger partial charge in [-0.2, -0.15) is 13.2 Å². The van der Waals surface area contributed by atoms with E-state index < -0.39 is 34.9 Å².